The molecule has 0 radical (unpaired) electrons. The zero-order valence-corrected chi connectivity index (χ0v) is 11.7. The molecule has 0 spiro atoms. The molecule has 9 heteroatoms. The van der Waals surface area contributed by atoms with Crippen molar-refractivity contribution in [3.8, 4) is 0 Å². The molecule has 1 N–H and O–H groups in total. The molecular weight excluding hydrogens is 299 g/mol. The number of aryl methyl sites for hydroxylation is 1. The summed E-state index contributed by atoms with van der Waals surface area (Å²) in [6.07, 6.45) is -4.62. The summed E-state index contributed by atoms with van der Waals surface area (Å²) in [7, 11) is 0. The third-order valence-electron chi connectivity index (χ3n) is 3.07. The minimum atomic E-state index is -4.62. The largest absolute Gasteiger partial charge is 0.464 e. The number of nitrogens with zero attached hydrogens (tertiary/aromatic N) is 4. The van der Waals surface area contributed by atoms with Gasteiger partial charge in [-0.05, 0) is 38.1 Å². The van der Waals surface area contributed by atoms with Crippen LogP contribution >= 0.6 is 0 Å². The molecule has 0 amide bonds. The van der Waals surface area contributed by atoms with Crippen LogP contribution < -0.4 is 5.32 Å². The van der Waals surface area contributed by atoms with Crippen molar-refractivity contribution < 1.29 is 17.6 Å². The zero-order chi connectivity index (χ0) is 15.9. The van der Waals surface area contributed by atoms with E-state index in [-0.39, 0.29) is 17.5 Å². The van der Waals surface area contributed by atoms with E-state index in [1.54, 1.807) is 6.07 Å². The van der Waals surface area contributed by atoms with E-state index < -0.39 is 12.0 Å². The van der Waals surface area contributed by atoms with Crippen LogP contribution in [0.1, 0.15) is 30.3 Å². The average Bonchev–Trinajstić information content (AvgIpc) is 3.03. The van der Waals surface area contributed by atoms with Gasteiger partial charge in [0.25, 0.3) is 5.82 Å². The molecule has 3 aromatic heterocycles. The first-order valence-electron chi connectivity index (χ1n) is 6.47. The molecule has 116 valence electrons. The lowest BCUT2D eigenvalue weighted by Gasteiger charge is -2.12. The minimum Gasteiger partial charge on any atom is -0.464 e. The Hall–Kier alpha value is -2.58. The second-order valence-electron chi connectivity index (χ2n) is 4.82. The standard InChI is InChI=1S/C13H12F3N5O/c1-7-3-4-9(22-7)8(2)17-10-5-6-11-18-19-12(13(14,15)16)21(11)20-10/h3-6,8H,1-2H3,(H,17,20). The Kier molecular flexibility index (Phi) is 3.27. The van der Waals surface area contributed by atoms with Gasteiger partial charge in [0.2, 0.25) is 0 Å². The number of hydrogen-bond donors (Lipinski definition) is 1. The van der Waals surface area contributed by atoms with Crippen LogP contribution in [0.2, 0.25) is 0 Å². The Morgan fingerprint density at radius 3 is 2.59 bits per heavy atom. The van der Waals surface area contributed by atoms with Gasteiger partial charge in [-0.15, -0.1) is 15.3 Å². The third kappa shape index (κ3) is 2.61. The van der Waals surface area contributed by atoms with Crippen LogP contribution in [0.5, 0.6) is 0 Å². The number of aromatic nitrogens is 4. The van der Waals surface area contributed by atoms with E-state index >= 15 is 0 Å². The van der Waals surface area contributed by atoms with E-state index in [4.69, 9.17) is 4.42 Å². The molecule has 0 fully saturated rings. The smallest absolute Gasteiger partial charge is 0.453 e. The van der Waals surface area contributed by atoms with Crippen molar-refractivity contribution in [2.24, 2.45) is 0 Å². The maximum absolute atomic E-state index is 12.8. The fraction of sp³-hybridized carbons (Fsp3) is 0.308. The zero-order valence-electron chi connectivity index (χ0n) is 11.7. The van der Waals surface area contributed by atoms with Crippen molar-refractivity contribution >= 4 is 11.5 Å². The summed E-state index contributed by atoms with van der Waals surface area (Å²) in [6.45, 7) is 3.63. The molecule has 0 aliphatic heterocycles. The summed E-state index contributed by atoms with van der Waals surface area (Å²) >= 11 is 0. The summed E-state index contributed by atoms with van der Waals surface area (Å²) in [6, 6.07) is 6.31. The molecule has 3 aromatic rings. The number of fused-ring (bicyclic) bond motifs is 1. The number of halogens is 3. The van der Waals surface area contributed by atoms with Gasteiger partial charge < -0.3 is 9.73 Å². The van der Waals surface area contributed by atoms with Gasteiger partial charge in [-0.2, -0.15) is 17.7 Å². The number of hydrogen-bond acceptors (Lipinski definition) is 5. The van der Waals surface area contributed by atoms with E-state index in [0.29, 0.717) is 10.3 Å². The fourth-order valence-corrected chi connectivity index (χ4v) is 2.02. The van der Waals surface area contributed by atoms with Gasteiger partial charge >= 0.3 is 6.18 Å². The van der Waals surface area contributed by atoms with Crippen molar-refractivity contribution in [3.63, 3.8) is 0 Å². The first kappa shape index (κ1) is 14.4. The normalized spacial score (nSPS) is 13.5. The lowest BCUT2D eigenvalue weighted by Crippen LogP contribution is -2.14. The molecule has 0 aliphatic rings. The SMILES string of the molecule is Cc1ccc(C(C)Nc2ccc3nnc(C(F)(F)F)n3n2)o1. The highest BCUT2D eigenvalue weighted by Gasteiger charge is 2.37. The Morgan fingerprint density at radius 2 is 1.95 bits per heavy atom. The minimum absolute atomic E-state index is 0.0272. The molecule has 0 aliphatic carbocycles. The predicted octanol–water partition coefficient (Wildman–Crippen LogP) is 3.22. The van der Waals surface area contributed by atoms with E-state index in [9.17, 15) is 13.2 Å². The van der Waals surface area contributed by atoms with E-state index in [0.717, 1.165) is 5.76 Å². The Bertz CT molecular complexity index is 807. The predicted molar refractivity (Wildman–Crippen MR) is 71.3 cm³/mol. The van der Waals surface area contributed by atoms with Crippen LogP contribution in [0, 0.1) is 6.92 Å². The van der Waals surface area contributed by atoms with Gasteiger partial charge in [-0.25, -0.2) is 0 Å². The molecule has 0 saturated carbocycles. The fourth-order valence-electron chi connectivity index (χ4n) is 2.02. The number of furan rings is 1. The number of alkyl halides is 3. The topological polar surface area (TPSA) is 68.2 Å². The summed E-state index contributed by atoms with van der Waals surface area (Å²) in [5, 5.41) is 13.5. The van der Waals surface area contributed by atoms with Crippen molar-refractivity contribution in [2.45, 2.75) is 26.1 Å². The molecule has 3 rings (SSSR count). The molecule has 6 nitrogen and oxygen atoms in total. The van der Waals surface area contributed by atoms with E-state index in [2.05, 4.69) is 20.6 Å². The lowest BCUT2D eigenvalue weighted by atomic mass is 10.2. The van der Waals surface area contributed by atoms with Crippen LogP contribution in [0.15, 0.2) is 28.7 Å². The summed E-state index contributed by atoms with van der Waals surface area (Å²) in [5.74, 6) is 0.524. The van der Waals surface area contributed by atoms with Gasteiger partial charge in [0.05, 0.1) is 6.04 Å². The van der Waals surface area contributed by atoms with E-state index in [1.807, 2.05) is 19.9 Å². The maximum atomic E-state index is 12.8. The molecule has 22 heavy (non-hydrogen) atoms. The highest BCUT2D eigenvalue weighted by molar-refractivity contribution is 5.45. The van der Waals surface area contributed by atoms with Gasteiger partial charge in [0, 0.05) is 0 Å². The Labute approximate surface area is 123 Å². The van der Waals surface area contributed by atoms with Gasteiger partial charge in [-0.1, -0.05) is 0 Å². The first-order valence-corrected chi connectivity index (χ1v) is 6.47. The van der Waals surface area contributed by atoms with Crippen LogP contribution in [0.4, 0.5) is 19.0 Å². The highest BCUT2D eigenvalue weighted by atomic mass is 19.4. The van der Waals surface area contributed by atoms with Crippen LogP contribution in [-0.2, 0) is 6.18 Å². The van der Waals surface area contributed by atoms with Crippen molar-refractivity contribution in [2.75, 3.05) is 5.32 Å². The second kappa shape index (κ2) is 5.00. The van der Waals surface area contributed by atoms with Gasteiger partial charge in [-0.3, -0.25) is 0 Å². The van der Waals surface area contributed by atoms with Gasteiger partial charge in [0.15, 0.2) is 5.65 Å². The molecule has 3 heterocycles. The second-order valence-corrected chi connectivity index (χ2v) is 4.82. The molecule has 0 aromatic carbocycles. The maximum Gasteiger partial charge on any atom is 0.453 e. The van der Waals surface area contributed by atoms with Crippen LogP contribution in [0.25, 0.3) is 5.65 Å². The van der Waals surface area contributed by atoms with Crippen LogP contribution in [-0.4, -0.2) is 19.8 Å². The monoisotopic (exact) mass is 311 g/mol. The summed E-state index contributed by atoms with van der Waals surface area (Å²) < 4.78 is 44.6. The summed E-state index contributed by atoms with van der Waals surface area (Å²) in [4.78, 5) is 0. The Balaban J connectivity index is 1.91. The molecule has 1 atom stereocenters. The molecular formula is C13H12F3N5O. The van der Waals surface area contributed by atoms with Crippen LogP contribution in [0.3, 0.4) is 0 Å². The highest BCUT2D eigenvalue weighted by Crippen LogP contribution is 2.28. The van der Waals surface area contributed by atoms with Gasteiger partial charge in [0.1, 0.15) is 17.3 Å². The van der Waals surface area contributed by atoms with E-state index in [1.165, 1.54) is 12.1 Å². The van der Waals surface area contributed by atoms with Crippen molar-refractivity contribution in [1.82, 2.24) is 19.8 Å². The summed E-state index contributed by atoms with van der Waals surface area (Å²) in [5.41, 5.74) is 0.0272. The van der Waals surface area contributed by atoms with Crippen molar-refractivity contribution in [3.05, 3.63) is 41.6 Å². The Morgan fingerprint density at radius 1 is 1.18 bits per heavy atom. The molecule has 1 unspecified atom stereocenters. The van der Waals surface area contributed by atoms with Crippen molar-refractivity contribution in [1.29, 1.82) is 0 Å². The average molecular weight is 311 g/mol. The first-order chi connectivity index (χ1) is 10.3. The number of rotatable bonds is 3. The number of nitrogens with one attached hydrogen (secondary N) is 1. The molecule has 0 saturated heterocycles. The lowest BCUT2D eigenvalue weighted by molar-refractivity contribution is -0.146. The third-order valence-corrected chi connectivity index (χ3v) is 3.07. The quantitative estimate of drug-likeness (QED) is 0.804. The molecule has 0 bridgehead atoms. The number of anilines is 1.